The number of nitrogens with one attached hydrogen (secondary N) is 1. The van der Waals surface area contributed by atoms with Gasteiger partial charge in [0.25, 0.3) is 0 Å². The van der Waals surface area contributed by atoms with Crippen molar-refractivity contribution in [2.75, 3.05) is 0 Å². The molecule has 0 radical (unpaired) electrons. The van der Waals surface area contributed by atoms with E-state index in [0.29, 0.717) is 15.5 Å². The van der Waals surface area contributed by atoms with Crippen molar-refractivity contribution in [1.82, 2.24) is 5.32 Å². The maximum Gasteiger partial charge on any atom is 0.0595 e. The summed E-state index contributed by atoms with van der Waals surface area (Å²) in [5.74, 6) is 0. The van der Waals surface area contributed by atoms with Gasteiger partial charge < -0.3 is 5.32 Å². The molecule has 0 aliphatic heterocycles. The van der Waals surface area contributed by atoms with Gasteiger partial charge in [-0.1, -0.05) is 30.1 Å². The summed E-state index contributed by atoms with van der Waals surface area (Å²) >= 11 is 12.3. The Hall–Kier alpha value is -0.240. The minimum absolute atomic E-state index is 0.342. The second-order valence-corrected chi connectivity index (χ2v) is 6.45. The third kappa shape index (κ3) is 2.47. The molecule has 0 heterocycles. The number of rotatable bonds is 4. The largest absolute Gasteiger partial charge is 0.310 e. The van der Waals surface area contributed by atoms with Crippen molar-refractivity contribution in [3.8, 4) is 0 Å². The van der Waals surface area contributed by atoms with Crippen LogP contribution in [-0.2, 0) is 12.0 Å². The zero-order valence-corrected chi connectivity index (χ0v) is 11.5. The lowest BCUT2D eigenvalue weighted by Crippen LogP contribution is -2.18. The summed E-state index contributed by atoms with van der Waals surface area (Å²) < 4.78 is 0. The smallest absolute Gasteiger partial charge is 0.0595 e. The first kappa shape index (κ1) is 11.8. The van der Waals surface area contributed by atoms with Gasteiger partial charge in [0.1, 0.15) is 0 Å². The molecule has 2 aliphatic carbocycles. The Balaban J connectivity index is 1.89. The molecule has 0 saturated heterocycles. The molecule has 17 heavy (non-hydrogen) atoms. The van der Waals surface area contributed by atoms with Gasteiger partial charge in [-0.2, -0.15) is 0 Å². The van der Waals surface area contributed by atoms with E-state index in [-0.39, 0.29) is 0 Å². The standard InChI is InChI=1S/C14H17Cl2N/c1-14(4-5-14)11-7-13(16)12(15)6-9(11)8-17-10-2-3-10/h6-7,10,17H,2-5,8H2,1H3. The van der Waals surface area contributed by atoms with Gasteiger partial charge in [0.2, 0.25) is 0 Å². The molecular formula is C14H17Cl2N. The lowest BCUT2D eigenvalue weighted by Gasteiger charge is -2.17. The van der Waals surface area contributed by atoms with Crippen LogP contribution in [0, 0.1) is 0 Å². The molecule has 0 unspecified atom stereocenters. The van der Waals surface area contributed by atoms with E-state index < -0.39 is 0 Å². The monoisotopic (exact) mass is 269 g/mol. The molecule has 2 aliphatic rings. The fourth-order valence-electron chi connectivity index (χ4n) is 2.29. The van der Waals surface area contributed by atoms with Crippen LogP contribution in [0.3, 0.4) is 0 Å². The summed E-state index contributed by atoms with van der Waals surface area (Å²) in [6.07, 6.45) is 5.16. The van der Waals surface area contributed by atoms with Gasteiger partial charge in [-0.15, -0.1) is 0 Å². The van der Waals surface area contributed by atoms with E-state index in [1.807, 2.05) is 6.07 Å². The number of benzene rings is 1. The summed E-state index contributed by atoms with van der Waals surface area (Å²) in [4.78, 5) is 0. The summed E-state index contributed by atoms with van der Waals surface area (Å²) in [6.45, 7) is 3.24. The molecule has 2 fully saturated rings. The van der Waals surface area contributed by atoms with E-state index in [9.17, 15) is 0 Å². The molecule has 0 bridgehead atoms. The van der Waals surface area contributed by atoms with Crippen molar-refractivity contribution in [1.29, 1.82) is 0 Å². The first-order chi connectivity index (χ1) is 8.08. The van der Waals surface area contributed by atoms with Crippen LogP contribution in [0.1, 0.15) is 43.7 Å². The minimum Gasteiger partial charge on any atom is -0.310 e. The number of halogens is 2. The molecule has 3 heteroatoms. The van der Waals surface area contributed by atoms with Gasteiger partial charge >= 0.3 is 0 Å². The van der Waals surface area contributed by atoms with Gasteiger partial charge in [-0.3, -0.25) is 0 Å². The van der Waals surface area contributed by atoms with E-state index in [1.165, 1.54) is 36.8 Å². The lowest BCUT2D eigenvalue weighted by molar-refractivity contribution is 0.668. The van der Waals surface area contributed by atoms with E-state index in [0.717, 1.165) is 12.6 Å². The Morgan fingerprint density at radius 1 is 1.24 bits per heavy atom. The van der Waals surface area contributed by atoms with Crippen LogP contribution in [0.15, 0.2) is 12.1 Å². The number of hydrogen-bond donors (Lipinski definition) is 1. The van der Waals surface area contributed by atoms with Crippen molar-refractivity contribution >= 4 is 23.2 Å². The van der Waals surface area contributed by atoms with Crippen LogP contribution >= 0.6 is 23.2 Å². The molecule has 92 valence electrons. The zero-order valence-electron chi connectivity index (χ0n) is 10.0. The molecule has 0 spiro atoms. The van der Waals surface area contributed by atoms with Crippen LogP contribution in [0.25, 0.3) is 0 Å². The quantitative estimate of drug-likeness (QED) is 0.860. The van der Waals surface area contributed by atoms with Gasteiger partial charge in [0, 0.05) is 12.6 Å². The van der Waals surface area contributed by atoms with Gasteiger partial charge in [-0.25, -0.2) is 0 Å². The Bertz CT molecular complexity index is 448. The lowest BCUT2D eigenvalue weighted by atomic mass is 9.93. The Morgan fingerprint density at radius 3 is 2.47 bits per heavy atom. The summed E-state index contributed by atoms with van der Waals surface area (Å²) in [7, 11) is 0. The van der Waals surface area contributed by atoms with Gasteiger partial charge in [0.05, 0.1) is 10.0 Å². The highest BCUT2D eigenvalue weighted by molar-refractivity contribution is 6.42. The van der Waals surface area contributed by atoms with Crippen molar-refractivity contribution in [2.45, 2.75) is 50.6 Å². The number of hydrogen-bond acceptors (Lipinski definition) is 1. The summed E-state index contributed by atoms with van der Waals surface area (Å²) in [6, 6.07) is 4.84. The van der Waals surface area contributed by atoms with Crippen LogP contribution in [0.4, 0.5) is 0 Å². The van der Waals surface area contributed by atoms with Gasteiger partial charge in [-0.05, 0) is 54.4 Å². The average Bonchev–Trinajstić information content (AvgIpc) is 3.16. The molecule has 0 aromatic heterocycles. The van der Waals surface area contributed by atoms with Crippen LogP contribution < -0.4 is 5.32 Å². The maximum absolute atomic E-state index is 6.14. The van der Waals surface area contributed by atoms with E-state index in [1.54, 1.807) is 0 Å². The maximum atomic E-state index is 6.14. The molecule has 1 aromatic rings. The average molecular weight is 270 g/mol. The summed E-state index contributed by atoms with van der Waals surface area (Å²) in [5.41, 5.74) is 3.06. The molecule has 0 atom stereocenters. The molecule has 1 aromatic carbocycles. The Morgan fingerprint density at radius 2 is 1.88 bits per heavy atom. The molecular weight excluding hydrogens is 253 g/mol. The van der Waals surface area contributed by atoms with E-state index in [4.69, 9.17) is 23.2 Å². The van der Waals surface area contributed by atoms with Crippen LogP contribution in [-0.4, -0.2) is 6.04 Å². The SMILES string of the molecule is CC1(c2cc(Cl)c(Cl)cc2CNC2CC2)CC1. The third-order valence-corrected chi connectivity index (χ3v) is 4.68. The highest BCUT2D eigenvalue weighted by Crippen LogP contribution is 2.50. The second kappa shape index (κ2) is 4.15. The van der Waals surface area contributed by atoms with E-state index in [2.05, 4.69) is 18.3 Å². The highest BCUT2D eigenvalue weighted by Gasteiger charge is 2.40. The fraction of sp³-hybridized carbons (Fsp3) is 0.571. The molecule has 0 amide bonds. The first-order valence-corrected chi connectivity index (χ1v) is 7.06. The van der Waals surface area contributed by atoms with Crippen molar-refractivity contribution < 1.29 is 0 Å². The topological polar surface area (TPSA) is 12.0 Å². The molecule has 3 rings (SSSR count). The van der Waals surface area contributed by atoms with Crippen LogP contribution in [0.2, 0.25) is 10.0 Å². The molecule has 1 N–H and O–H groups in total. The Kier molecular flexibility index (Phi) is 2.89. The summed E-state index contributed by atoms with van der Waals surface area (Å²) in [5, 5.41) is 4.92. The zero-order chi connectivity index (χ0) is 12.0. The second-order valence-electron chi connectivity index (χ2n) is 5.64. The third-order valence-electron chi connectivity index (χ3n) is 3.95. The predicted octanol–water partition coefficient (Wildman–Crippen LogP) is 4.30. The van der Waals surface area contributed by atoms with Gasteiger partial charge in [0.15, 0.2) is 0 Å². The van der Waals surface area contributed by atoms with Crippen molar-refractivity contribution in [2.24, 2.45) is 0 Å². The molecule has 1 nitrogen and oxygen atoms in total. The van der Waals surface area contributed by atoms with Crippen LogP contribution in [0.5, 0.6) is 0 Å². The van der Waals surface area contributed by atoms with Crippen molar-refractivity contribution in [3.05, 3.63) is 33.3 Å². The normalized spacial score (nSPS) is 21.6. The fourth-order valence-corrected chi connectivity index (χ4v) is 2.64. The van der Waals surface area contributed by atoms with Crippen molar-refractivity contribution in [3.63, 3.8) is 0 Å². The van der Waals surface area contributed by atoms with E-state index >= 15 is 0 Å². The first-order valence-electron chi connectivity index (χ1n) is 6.30. The minimum atomic E-state index is 0.342. The highest BCUT2D eigenvalue weighted by atomic mass is 35.5. The predicted molar refractivity (Wildman–Crippen MR) is 72.9 cm³/mol. The Labute approximate surface area is 112 Å². The molecule has 2 saturated carbocycles.